The summed E-state index contributed by atoms with van der Waals surface area (Å²) in [5, 5.41) is 0. The van der Waals surface area contributed by atoms with E-state index in [1.165, 1.54) is 18.4 Å². The summed E-state index contributed by atoms with van der Waals surface area (Å²) >= 11 is 0. The average Bonchev–Trinajstić information content (AvgIpc) is 3.05. The number of rotatable bonds is 6. The SMILES string of the molecule is CCCC/C(C=Cc1ccco1)=C\c1ccco1. The van der Waals surface area contributed by atoms with Gasteiger partial charge < -0.3 is 8.83 Å². The molecule has 0 aliphatic rings. The van der Waals surface area contributed by atoms with Crippen molar-refractivity contribution in [2.45, 2.75) is 26.2 Å². The topological polar surface area (TPSA) is 26.3 Å². The highest BCUT2D eigenvalue weighted by Crippen LogP contribution is 2.16. The van der Waals surface area contributed by atoms with Crippen LogP contribution < -0.4 is 0 Å². The molecule has 0 saturated carbocycles. The van der Waals surface area contributed by atoms with Gasteiger partial charge in [-0.15, -0.1) is 0 Å². The largest absolute Gasteiger partial charge is 0.465 e. The van der Waals surface area contributed by atoms with Crippen molar-refractivity contribution in [1.82, 2.24) is 0 Å². The Morgan fingerprint density at radius 1 is 1.11 bits per heavy atom. The van der Waals surface area contributed by atoms with Gasteiger partial charge in [-0.1, -0.05) is 19.4 Å². The lowest BCUT2D eigenvalue weighted by Gasteiger charge is -1.99. The van der Waals surface area contributed by atoms with E-state index in [9.17, 15) is 0 Å². The average molecular weight is 242 g/mol. The van der Waals surface area contributed by atoms with Gasteiger partial charge in [0.25, 0.3) is 0 Å². The molecule has 0 amide bonds. The van der Waals surface area contributed by atoms with Crippen molar-refractivity contribution in [2.75, 3.05) is 0 Å². The minimum atomic E-state index is 0.872. The van der Waals surface area contributed by atoms with E-state index < -0.39 is 0 Å². The molecule has 0 unspecified atom stereocenters. The van der Waals surface area contributed by atoms with Crippen LogP contribution in [0.1, 0.15) is 37.7 Å². The van der Waals surface area contributed by atoms with Crippen molar-refractivity contribution in [3.8, 4) is 0 Å². The van der Waals surface area contributed by atoms with Gasteiger partial charge in [0.05, 0.1) is 12.5 Å². The highest BCUT2D eigenvalue weighted by molar-refractivity contribution is 5.57. The second kappa shape index (κ2) is 6.70. The second-order valence-corrected chi connectivity index (χ2v) is 4.19. The Kier molecular flexibility index (Phi) is 4.65. The molecular weight excluding hydrogens is 224 g/mol. The van der Waals surface area contributed by atoms with Gasteiger partial charge >= 0.3 is 0 Å². The predicted octanol–water partition coefficient (Wildman–Crippen LogP) is 5.16. The van der Waals surface area contributed by atoms with Crippen molar-refractivity contribution in [2.24, 2.45) is 0 Å². The molecule has 2 rings (SSSR count). The van der Waals surface area contributed by atoms with E-state index in [0.717, 1.165) is 17.9 Å². The molecule has 0 radical (unpaired) electrons. The summed E-state index contributed by atoms with van der Waals surface area (Å²) < 4.78 is 10.6. The lowest BCUT2D eigenvalue weighted by molar-refractivity contribution is 0.555. The van der Waals surface area contributed by atoms with E-state index in [-0.39, 0.29) is 0 Å². The van der Waals surface area contributed by atoms with E-state index in [2.05, 4.69) is 19.1 Å². The molecule has 0 aliphatic heterocycles. The molecule has 0 spiro atoms. The summed E-state index contributed by atoms with van der Waals surface area (Å²) in [5.74, 6) is 1.77. The van der Waals surface area contributed by atoms with Crippen molar-refractivity contribution in [3.63, 3.8) is 0 Å². The summed E-state index contributed by atoms with van der Waals surface area (Å²) in [5.41, 5.74) is 1.25. The maximum Gasteiger partial charge on any atom is 0.126 e. The summed E-state index contributed by atoms with van der Waals surface area (Å²) in [6, 6.07) is 7.70. The normalized spacial score (nSPS) is 12.4. The second-order valence-electron chi connectivity index (χ2n) is 4.19. The zero-order chi connectivity index (χ0) is 12.6. The fourth-order valence-electron chi connectivity index (χ4n) is 1.72. The van der Waals surface area contributed by atoms with E-state index >= 15 is 0 Å². The molecule has 94 valence electrons. The minimum absolute atomic E-state index is 0.872. The third-order valence-electron chi connectivity index (χ3n) is 2.69. The highest BCUT2D eigenvalue weighted by Gasteiger charge is 1.97. The van der Waals surface area contributed by atoms with Crippen LogP contribution in [-0.4, -0.2) is 0 Å². The Labute approximate surface area is 108 Å². The molecule has 2 aromatic heterocycles. The van der Waals surface area contributed by atoms with E-state index in [0.29, 0.717) is 0 Å². The first-order valence-corrected chi connectivity index (χ1v) is 6.34. The number of unbranched alkanes of at least 4 members (excludes halogenated alkanes) is 1. The van der Waals surface area contributed by atoms with Crippen molar-refractivity contribution >= 4 is 12.2 Å². The fourth-order valence-corrected chi connectivity index (χ4v) is 1.72. The quantitative estimate of drug-likeness (QED) is 0.654. The van der Waals surface area contributed by atoms with Crippen LogP contribution in [0.15, 0.2) is 57.3 Å². The Bertz CT molecular complexity index is 487. The van der Waals surface area contributed by atoms with E-state index in [4.69, 9.17) is 8.83 Å². The number of furan rings is 2. The summed E-state index contributed by atoms with van der Waals surface area (Å²) in [6.45, 7) is 2.20. The van der Waals surface area contributed by atoms with Gasteiger partial charge in [0.1, 0.15) is 11.5 Å². The molecule has 2 heterocycles. The molecule has 0 saturated heterocycles. The molecular formula is C16H18O2. The molecule has 0 atom stereocenters. The van der Waals surface area contributed by atoms with Crippen LogP contribution in [0.25, 0.3) is 12.2 Å². The third kappa shape index (κ3) is 3.81. The molecule has 0 aromatic carbocycles. The van der Waals surface area contributed by atoms with Crippen LogP contribution in [0.5, 0.6) is 0 Å². The van der Waals surface area contributed by atoms with Gasteiger partial charge in [0.15, 0.2) is 0 Å². The Balaban J connectivity index is 2.10. The zero-order valence-electron chi connectivity index (χ0n) is 10.6. The smallest absolute Gasteiger partial charge is 0.126 e. The number of hydrogen-bond acceptors (Lipinski definition) is 2. The van der Waals surface area contributed by atoms with Gasteiger partial charge in [0, 0.05) is 0 Å². The summed E-state index contributed by atoms with van der Waals surface area (Å²) in [6.07, 6.45) is 12.9. The fraction of sp³-hybridized carbons (Fsp3) is 0.250. The van der Waals surface area contributed by atoms with Crippen LogP contribution in [-0.2, 0) is 0 Å². The molecule has 2 aromatic rings. The van der Waals surface area contributed by atoms with Gasteiger partial charge in [-0.25, -0.2) is 0 Å². The Morgan fingerprint density at radius 3 is 2.44 bits per heavy atom. The third-order valence-corrected chi connectivity index (χ3v) is 2.69. The van der Waals surface area contributed by atoms with Gasteiger partial charge in [0.2, 0.25) is 0 Å². The van der Waals surface area contributed by atoms with Gasteiger partial charge in [-0.3, -0.25) is 0 Å². The van der Waals surface area contributed by atoms with E-state index in [1.54, 1.807) is 12.5 Å². The first-order valence-electron chi connectivity index (χ1n) is 6.34. The van der Waals surface area contributed by atoms with Crippen LogP contribution >= 0.6 is 0 Å². The predicted molar refractivity (Wildman–Crippen MR) is 74.0 cm³/mol. The lowest BCUT2D eigenvalue weighted by Crippen LogP contribution is -1.80. The molecule has 0 bridgehead atoms. The first-order chi connectivity index (χ1) is 8.88. The highest BCUT2D eigenvalue weighted by atomic mass is 16.3. The maximum atomic E-state index is 5.35. The van der Waals surface area contributed by atoms with Gasteiger partial charge in [-0.05, 0) is 54.8 Å². The molecule has 2 nitrogen and oxygen atoms in total. The van der Waals surface area contributed by atoms with Crippen LogP contribution in [0.2, 0.25) is 0 Å². The van der Waals surface area contributed by atoms with Gasteiger partial charge in [-0.2, -0.15) is 0 Å². The molecule has 0 aliphatic carbocycles. The Hall–Kier alpha value is -1.96. The molecule has 0 fully saturated rings. The van der Waals surface area contributed by atoms with Crippen molar-refractivity contribution in [3.05, 3.63) is 60.0 Å². The first kappa shape index (κ1) is 12.5. The van der Waals surface area contributed by atoms with E-state index in [1.807, 2.05) is 30.3 Å². The molecule has 18 heavy (non-hydrogen) atoms. The maximum absolute atomic E-state index is 5.35. The lowest BCUT2D eigenvalue weighted by atomic mass is 10.1. The van der Waals surface area contributed by atoms with Crippen LogP contribution in [0, 0.1) is 0 Å². The van der Waals surface area contributed by atoms with Crippen molar-refractivity contribution < 1.29 is 8.83 Å². The summed E-state index contributed by atoms with van der Waals surface area (Å²) in [7, 11) is 0. The zero-order valence-corrected chi connectivity index (χ0v) is 10.6. The molecule has 2 heteroatoms. The standard InChI is InChI=1S/C16H18O2/c1-2-3-6-14(13-16-8-5-12-18-16)9-10-15-7-4-11-17-15/h4-5,7-13H,2-3,6H2,1H3/b10-9?,14-13+. The summed E-state index contributed by atoms with van der Waals surface area (Å²) in [4.78, 5) is 0. The molecule has 0 N–H and O–H groups in total. The van der Waals surface area contributed by atoms with Crippen molar-refractivity contribution in [1.29, 1.82) is 0 Å². The Morgan fingerprint density at radius 2 is 1.83 bits per heavy atom. The van der Waals surface area contributed by atoms with Crippen LogP contribution in [0.4, 0.5) is 0 Å². The monoisotopic (exact) mass is 242 g/mol. The number of allylic oxidation sites excluding steroid dienone is 2. The number of hydrogen-bond donors (Lipinski definition) is 0. The minimum Gasteiger partial charge on any atom is -0.465 e. The van der Waals surface area contributed by atoms with Crippen LogP contribution in [0.3, 0.4) is 0 Å².